The molecule has 2 aromatic carbocycles. The van der Waals surface area contributed by atoms with Crippen LogP contribution in [-0.4, -0.2) is 46.4 Å². The zero-order chi connectivity index (χ0) is 21.9. The molecule has 1 saturated heterocycles. The van der Waals surface area contributed by atoms with Crippen molar-refractivity contribution in [1.29, 1.82) is 0 Å². The van der Waals surface area contributed by atoms with Crippen molar-refractivity contribution in [2.24, 2.45) is 0 Å². The van der Waals surface area contributed by atoms with E-state index in [9.17, 15) is 13.2 Å². The van der Waals surface area contributed by atoms with Crippen LogP contribution in [-0.2, 0) is 16.6 Å². The van der Waals surface area contributed by atoms with E-state index < -0.39 is 10.0 Å². The summed E-state index contributed by atoms with van der Waals surface area (Å²) in [6.07, 6.45) is 3.78. The van der Waals surface area contributed by atoms with Crippen molar-refractivity contribution in [3.8, 4) is 0 Å². The van der Waals surface area contributed by atoms with Crippen molar-refractivity contribution in [3.63, 3.8) is 0 Å². The number of rotatable bonds is 6. The van der Waals surface area contributed by atoms with Crippen molar-refractivity contribution in [2.45, 2.75) is 44.6 Å². The normalized spacial score (nSPS) is 14.6. The minimum atomic E-state index is -3.63. The molecule has 1 N–H and O–H groups in total. The maximum Gasteiger partial charge on any atom is 0.253 e. The summed E-state index contributed by atoms with van der Waals surface area (Å²) < 4.78 is 27.0. The largest absolute Gasteiger partial charge is 0.372 e. The highest BCUT2D eigenvalue weighted by Gasteiger charge is 2.21. The lowest BCUT2D eigenvalue weighted by Crippen LogP contribution is -2.29. The molecule has 7 heteroatoms. The van der Waals surface area contributed by atoms with Crippen LogP contribution in [0.4, 0.5) is 5.69 Å². The summed E-state index contributed by atoms with van der Waals surface area (Å²) in [6.45, 7) is 6.23. The molecule has 162 valence electrons. The van der Waals surface area contributed by atoms with Gasteiger partial charge in [0.1, 0.15) is 0 Å². The number of anilines is 1. The first-order chi connectivity index (χ1) is 14.2. The third kappa shape index (κ3) is 4.84. The number of amides is 1. The molecule has 0 spiro atoms. The van der Waals surface area contributed by atoms with Gasteiger partial charge in [0.05, 0.1) is 4.90 Å². The molecule has 6 nitrogen and oxygen atoms in total. The molecule has 0 atom stereocenters. The quantitative estimate of drug-likeness (QED) is 0.763. The Hall–Kier alpha value is -2.38. The second-order valence-electron chi connectivity index (χ2n) is 8.00. The first-order valence-corrected chi connectivity index (χ1v) is 11.9. The van der Waals surface area contributed by atoms with Gasteiger partial charge in [-0.3, -0.25) is 4.79 Å². The number of carbonyl (C=O) groups excluding carboxylic acids is 1. The van der Waals surface area contributed by atoms with Crippen LogP contribution >= 0.6 is 0 Å². The third-order valence-corrected chi connectivity index (χ3v) is 7.39. The number of nitrogens with zero attached hydrogens (tertiary/aromatic N) is 2. The van der Waals surface area contributed by atoms with E-state index in [1.165, 1.54) is 38.1 Å². The van der Waals surface area contributed by atoms with E-state index in [4.69, 9.17) is 0 Å². The highest BCUT2D eigenvalue weighted by atomic mass is 32.2. The Balaban J connectivity index is 1.76. The first-order valence-electron chi connectivity index (χ1n) is 10.4. The van der Waals surface area contributed by atoms with Crippen LogP contribution in [0.5, 0.6) is 0 Å². The average molecular weight is 430 g/mol. The van der Waals surface area contributed by atoms with Crippen LogP contribution in [0.25, 0.3) is 0 Å². The van der Waals surface area contributed by atoms with Gasteiger partial charge in [-0.15, -0.1) is 0 Å². The van der Waals surface area contributed by atoms with E-state index in [1.807, 2.05) is 6.92 Å². The predicted molar refractivity (Wildman–Crippen MR) is 120 cm³/mol. The van der Waals surface area contributed by atoms with E-state index in [0.29, 0.717) is 17.7 Å². The van der Waals surface area contributed by atoms with Gasteiger partial charge in [-0.05, 0) is 81.1 Å². The summed E-state index contributed by atoms with van der Waals surface area (Å²) in [7, 11) is -0.521. The van der Waals surface area contributed by atoms with Gasteiger partial charge in [-0.2, -0.15) is 0 Å². The van der Waals surface area contributed by atoms with Gasteiger partial charge < -0.3 is 9.80 Å². The minimum Gasteiger partial charge on any atom is -0.372 e. The van der Waals surface area contributed by atoms with Crippen molar-refractivity contribution < 1.29 is 13.2 Å². The Morgan fingerprint density at radius 3 is 2.30 bits per heavy atom. The molecule has 1 aliphatic heterocycles. The lowest BCUT2D eigenvalue weighted by Gasteiger charge is -2.29. The molecule has 3 rings (SSSR count). The van der Waals surface area contributed by atoms with Gasteiger partial charge in [0, 0.05) is 37.9 Å². The number of carbonyl (C=O) groups is 1. The van der Waals surface area contributed by atoms with E-state index in [0.717, 1.165) is 24.2 Å². The Bertz CT molecular complexity index is 1010. The fourth-order valence-corrected chi connectivity index (χ4v) is 4.94. The Kier molecular flexibility index (Phi) is 6.83. The van der Waals surface area contributed by atoms with Crippen LogP contribution in [0.2, 0.25) is 0 Å². The van der Waals surface area contributed by atoms with Crippen LogP contribution in [0.3, 0.4) is 0 Å². The first kappa shape index (κ1) is 22.3. The van der Waals surface area contributed by atoms with Crippen molar-refractivity contribution in [1.82, 2.24) is 9.62 Å². The number of hydrogen-bond acceptors (Lipinski definition) is 4. The monoisotopic (exact) mass is 429 g/mol. The lowest BCUT2D eigenvalue weighted by molar-refractivity contribution is 0.0784. The van der Waals surface area contributed by atoms with E-state index in [1.54, 1.807) is 24.9 Å². The number of piperidine rings is 1. The number of hydrogen-bond donors (Lipinski definition) is 1. The van der Waals surface area contributed by atoms with Gasteiger partial charge in [-0.1, -0.05) is 12.1 Å². The van der Waals surface area contributed by atoms with Gasteiger partial charge >= 0.3 is 0 Å². The molecule has 0 unspecified atom stereocenters. The number of benzene rings is 2. The molecule has 2 aromatic rings. The fraction of sp³-hybridized carbons (Fsp3) is 0.435. The molecule has 30 heavy (non-hydrogen) atoms. The smallest absolute Gasteiger partial charge is 0.253 e. The standard InChI is InChI=1S/C23H31N3O3S/c1-17-14-20(15-22(18(17)2)30(28,29)24-3)23(27)25(4)16-19-8-10-21(11-9-19)26-12-6-5-7-13-26/h8-11,14-15,24H,5-7,12-13,16H2,1-4H3. The van der Waals surface area contributed by atoms with Gasteiger partial charge in [0.2, 0.25) is 10.0 Å². The molecule has 0 aliphatic carbocycles. The minimum absolute atomic E-state index is 0.146. The SMILES string of the molecule is CNS(=O)(=O)c1cc(C(=O)N(C)Cc2ccc(N3CCCCC3)cc2)cc(C)c1C. The number of nitrogens with one attached hydrogen (secondary N) is 1. The second kappa shape index (κ2) is 9.18. The topological polar surface area (TPSA) is 69.7 Å². The Morgan fingerprint density at radius 2 is 1.70 bits per heavy atom. The summed E-state index contributed by atoms with van der Waals surface area (Å²) >= 11 is 0. The van der Waals surface area contributed by atoms with Crippen LogP contribution < -0.4 is 9.62 Å². The molecular weight excluding hydrogens is 398 g/mol. The molecule has 0 bridgehead atoms. The molecule has 1 aliphatic rings. The maximum absolute atomic E-state index is 13.0. The van der Waals surface area contributed by atoms with Crippen LogP contribution in [0.15, 0.2) is 41.3 Å². The zero-order valence-corrected chi connectivity index (χ0v) is 19.1. The highest BCUT2D eigenvalue weighted by Crippen LogP contribution is 2.23. The van der Waals surface area contributed by atoms with E-state index in [2.05, 4.69) is 33.9 Å². The molecule has 0 radical (unpaired) electrons. The van der Waals surface area contributed by atoms with Gasteiger partial charge in [0.25, 0.3) is 5.91 Å². The summed E-state index contributed by atoms with van der Waals surface area (Å²) in [5.41, 5.74) is 4.06. The summed E-state index contributed by atoms with van der Waals surface area (Å²) in [6, 6.07) is 11.6. The fourth-order valence-electron chi connectivity index (χ4n) is 3.87. The maximum atomic E-state index is 13.0. The average Bonchev–Trinajstić information content (AvgIpc) is 2.76. The summed E-state index contributed by atoms with van der Waals surface area (Å²) in [4.78, 5) is 17.2. The molecule has 1 amide bonds. The summed E-state index contributed by atoms with van der Waals surface area (Å²) in [5.74, 6) is -0.203. The highest BCUT2D eigenvalue weighted by molar-refractivity contribution is 7.89. The molecule has 0 aromatic heterocycles. The third-order valence-electron chi connectivity index (χ3n) is 5.85. The van der Waals surface area contributed by atoms with Crippen LogP contribution in [0, 0.1) is 13.8 Å². The zero-order valence-electron chi connectivity index (χ0n) is 18.2. The Labute approximate surface area is 179 Å². The van der Waals surface area contributed by atoms with E-state index in [-0.39, 0.29) is 10.8 Å². The number of sulfonamides is 1. The van der Waals surface area contributed by atoms with Gasteiger partial charge in [0.15, 0.2) is 0 Å². The van der Waals surface area contributed by atoms with E-state index >= 15 is 0 Å². The van der Waals surface area contributed by atoms with Gasteiger partial charge in [-0.25, -0.2) is 13.1 Å². The second-order valence-corrected chi connectivity index (χ2v) is 9.85. The van der Waals surface area contributed by atoms with Crippen molar-refractivity contribution in [3.05, 3.63) is 58.7 Å². The summed E-state index contributed by atoms with van der Waals surface area (Å²) in [5, 5.41) is 0. The lowest BCUT2D eigenvalue weighted by atomic mass is 10.0. The molecule has 1 fully saturated rings. The van der Waals surface area contributed by atoms with Crippen LogP contribution in [0.1, 0.15) is 46.3 Å². The predicted octanol–water partition coefficient (Wildman–Crippen LogP) is 3.47. The number of aryl methyl sites for hydroxylation is 1. The molecule has 1 heterocycles. The Morgan fingerprint density at radius 1 is 1.07 bits per heavy atom. The molecular formula is C23H31N3O3S. The van der Waals surface area contributed by atoms with Crippen molar-refractivity contribution in [2.75, 3.05) is 32.1 Å². The molecule has 0 saturated carbocycles. The van der Waals surface area contributed by atoms with Crippen molar-refractivity contribution >= 4 is 21.6 Å².